The van der Waals surface area contributed by atoms with Crippen LogP contribution in [0.3, 0.4) is 0 Å². The van der Waals surface area contributed by atoms with Gasteiger partial charge < -0.3 is 0 Å². The molecule has 1 rings (SSSR count). The van der Waals surface area contributed by atoms with Crippen molar-refractivity contribution in [2.24, 2.45) is 0 Å². The van der Waals surface area contributed by atoms with E-state index in [1.54, 1.807) is 0 Å². The number of hydrogen-bond acceptors (Lipinski definition) is 0. The van der Waals surface area contributed by atoms with Crippen molar-refractivity contribution in [3.8, 4) is 0 Å². The Morgan fingerprint density at radius 1 is 1.17 bits per heavy atom. The lowest BCUT2D eigenvalue weighted by Crippen LogP contribution is -1.94. The predicted octanol–water partition coefficient (Wildman–Crippen LogP) is 3.66. The van der Waals surface area contributed by atoms with Gasteiger partial charge in [0.25, 0.3) is 6.43 Å². The van der Waals surface area contributed by atoms with Crippen LogP contribution >= 0.6 is 15.9 Å². The second kappa shape index (κ2) is 3.43. The third-order valence-corrected chi connectivity index (χ3v) is 1.71. The van der Waals surface area contributed by atoms with Crippen LogP contribution in [0.4, 0.5) is 17.6 Å². The first-order valence-corrected chi connectivity index (χ1v) is 3.74. The molecule has 0 nitrogen and oxygen atoms in total. The van der Waals surface area contributed by atoms with E-state index < -0.39 is 23.6 Å². The first-order chi connectivity index (χ1) is 5.52. The molecule has 0 spiro atoms. The zero-order valence-electron chi connectivity index (χ0n) is 5.62. The molecule has 5 heteroatoms. The van der Waals surface area contributed by atoms with Gasteiger partial charge in [-0.25, -0.2) is 17.6 Å². The van der Waals surface area contributed by atoms with Crippen LogP contribution in [0.5, 0.6) is 0 Å². The SMILES string of the molecule is Fc1cc(Br)cc(C(F)F)c1F. The lowest BCUT2D eigenvalue weighted by Gasteiger charge is -2.02. The van der Waals surface area contributed by atoms with Crippen LogP contribution in [0.15, 0.2) is 16.6 Å². The molecular weight excluding hydrogens is 240 g/mol. The number of benzene rings is 1. The summed E-state index contributed by atoms with van der Waals surface area (Å²) in [5.74, 6) is -2.77. The molecule has 0 bridgehead atoms. The number of rotatable bonds is 1. The molecule has 1 aromatic carbocycles. The van der Waals surface area contributed by atoms with Gasteiger partial charge >= 0.3 is 0 Å². The fourth-order valence-electron chi connectivity index (χ4n) is 0.735. The normalized spacial score (nSPS) is 10.8. The summed E-state index contributed by atoms with van der Waals surface area (Å²) in [6.07, 6.45) is -3.00. The summed E-state index contributed by atoms with van der Waals surface area (Å²) in [6.45, 7) is 0. The maximum Gasteiger partial charge on any atom is 0.266 e. The summed E-state index contributed by atoms with van der Waals surface area (Å²) in [5, 5.41) is 0. The summed E-state index contributed by atoms with van der Waals surface area (Å²) in [5.41, 5.74) is -0.929. The highest BCUT2D eigenvalue weighted by Gasteiger charge is 2.17. The van der Waals surface area contributed by atoms with Crippen LogP contribution in [0.25, 0.3) is 0 Å². The van der Waals surface area contributed by atoms with Crippen molar-refractivity contribution >= 4 is 15.9 Å². The molecule has 12 heavy (non-hydrogen) atoms. The van der Waals surface area contributed by atoms with E-state index in [4.69, 9.17) is 0 Å². The smallest absolute Gasteiger partial charge is 0.205 e. The van der Waals surface area contributed by atoms with E-state index in [0.717, 1.165) is 12.1 Å². The van der Waals surface area contributed by atoms with Gasteiger partial charge in [0.05, 0.1) is 5.56 Å². The van der Waals surface area contributed by atoms with Gasteiger partial charge in [0, 0.05) is 4.47 Å². The summed E-state index contributed by atoms with van der Waals surface area (Å²) in [4.78, 5) is 0. The van der Waals surface area contributed by atoms with Crippen molar-refractivity contribution in [1.82, 2.24) is 0 Å². The van der Waals surface area contributed by atoms with E-state index in [1.807, 2.05) is 0 Å². The topological polar surface area (TPSA) is 0 Å². The Labute approximate surface area is 74.3 Å². The zero-order valence-corrected chi connectivity index (χ0v) is 7.21. The van der Waals surface area contributed by atoms with Crippen LogP contribution in [0.2, 0.25) is 0 Å². The molecule has 0 aliphatic heterocycles. The molecule has 0 aliphatic rings. The van der Waals surface area contributed by atoms with E-state index in [0.29, 0.717) is 0 Å². The van der Waals surface area contributed by atoms with E-state index >= 15 is 0 Å². The van der Waals surface area contributed by atoms with Crippen molar-refractivity contribution in [2.45, 2.75) is 6.43 Å². The lowest BCUT2D eigenvalue weighted by molar-refractivity contribution is 0.145. The average molecular weight is 243 g/mol. The maximum atomic E-state index is 12.6. The molecule has 1 aromatic rings. The van der Waals surface area contributed by atoms with Gasteiger partial charge in [-0.15, -0.1) is 0 Å². The molecule has 66 valence electrons. The molecule has 0 aromatic heterocycles. The molecule has 0 heterocycles. The highest BCUT2D eigenvalue weighted by molar-refractivity contribution is 9.10. The van der Waals surface area contributed by atoms with Crippen LogP contribution < -0.4 is 0 Å². The first kappa shape index (κ1) is 9.51. The second-order valence-electron chi connectivity index (χ2n) is 2.09. The van der Waals surface area contributed by atoms with E-state index in [1.165, 1.54) is 0 Å². The quantitative estimate of drug-likeness (QED) is 0.521. The molecule has 0 saturated carbocycles. The maximum absolute atomic E-state index is 12.6. The summed E-state index contributed by atoms with van der Waals surface area (Å²) in [6, 6.07) is 1.64. The van der Waals surface area contributed by atoms with Gasteiger partial charge in [0.1, 0.15) is 0 Å². The van der Waals surface area contributed by atoms with Crippen molar-refractivity contribution in [3.63, 3.8) is 0 Å². The Kier molecular flexibility index (Phi) is 2.72. The molecule has 0 radical (unpaired) electrons. The fourth-order valence-corrected chi connectivity index (χ4v) is 1.18. The molecule has 0 saturated heterocycles. The summed E-state index contributed by atoms with van der Waals surface area (Å²) in [7, 11) is 0. The monoisotopic (exact) mass is 242 g/mol. The minimum Gasteiger partial charge on any atom is -0.205 e. The van der Waals surface area contributed by atoms with Gasteiger partial charge in [0.15, 0.2) is 11.6 Å². The Balaban J connectivity index is 3.28. The van der Waals surface area contributed by atoms with Gasteiger partial charge in [-0.1, -0.05) is 15.9 Å². The molecule has 0 fully saturated rings. The van der Waals surface area contributed by atoms with Gasteiger partial charge in [0.2, 0.25) is 0 Å². The van der Waals surface area contributed by atoms with Crippen LogP contribution in [0, 0.1) is 11.6 Å². The number of hydrogen-bond donors (Lipinski definition) is 0. The summed E-state index contributed by atoms with van der Waals surface area (Å²) >= 11 is 2.78. The Morgan fingerprint density at radius 2 is 1.75 bits per heavy atom. The van der Waals surface area contributed by atoms with Crippen LogP contribution in [-0.2, 0) is 0 Å². The predicted molar refractivity (Wildman–Crippen MR) is 39.0 cm³/mol. The van der Waals surface area contributed by atoms with Crippen LogP contribution in [0.1, 0.15) is 12.0 Å². The molecule has 0 aliphatic carbocycles. The van der Waals surface area contributed by atoms with Gasteiger partial charge in [-0.3, -0.25) is 0 Å². The molecule has 0 amide bonds. The largest absolute Gasteiger partial charge is 0.266 e. The second-order valence-corrected chi connectivity index (χ2v) is 3.01. The van der Waals surface area contributed by atoms with Gasteiger partial charge in [-0.2, -0.15) is 0 Å². The third kappa shape index (κ3) is 1.77. The van der Waals surface area contributed by atoms with E-state index in [2.05, 4.69) is 15.9 Å². The van der Waals surface area contributed by atoms with E-state index in [-0.39, 0.29) is 4.47 Å². The van der Waals surface area contributed by atoms with Crippen molar-refractivity contribution < 1.29 is 17.6 Å². The molecular formula is C7H3BrF4. The van der Waals surface area contributed by atoms with Crippen molar-refractivity contribution in [1.29, 1.82) is 0 Å². The minimum atomic E-state index is -3.00. The highest BCUT2D eigenvalue weighted by Crippen LogP contribution is 2.27. The number of alkyl halides is 2. The molecule has 0 atom stereocenters. The Bertz CT molecular complexity index is 298. The first-order valence-electron chi connectivity index (χ1n) is 2.95. The molecule has 0 N–H and O–H groups in total. The lowest BCUT2D eigenvalue weighted by atomic mass is 10.2. The standard InChI is InChI=1S/C7H3BrF4/c8-3-1-4(7(11)12)6(10)5(9)2-3/h1-2,7H. The van der Waals surface area contributed by atoms with Crippen molar-refractivity contribution in [2.75, 3.05) is 0 Å². The van der Waals surface area contributed by atoms with Crippen molar-refractivity contribution in [3.05, 3.63) is 33.8 Å². The minimum absolute atomic E-state index is 0.0942. The molecule has 0 unspecified atom stereocenters. The Morgan fingerprint density at radius 3 is 2.25 bits per heavy atom. The Hall–Kier alpha value is -0.580. The third-order valence-electron chi connectivity index (χ3n) is 1.26. The fraction of sp³-hybridized carbons (Fsp3) is 0.143. The highest BCUT2D eigenvalue weighted by atomic mass is 79.9. The van der Waals surface area contributed by atoms with E-state index in [9.17, 15) is 17.6 Å². The van der Waals surface area contributed by atoms with Gasteiger partial charge in [-0.05, 0) is 12.1 Å². The average Bonchev–Trinajstić information content (AvgIpc) is 1.96. The summed E-state index contributed by atoms with van der Waals surface area (Å²) < 4.78 is 49.0. The zero-order chi connectivity index (χ0) is 9.30. The number of halogens is 5. The van der Waals surface area contributed by atoms with Crippen LogP contribution in [-0.4, -0.2) is 0 Å².